The fourth-order valence-corrected chi connectivity index (χ4v) is 2.22. The van der Waals surface area contributed by atoms with Crippen LogP contribution in [-0.2, 0) is 13.1 Å². The number of aromatic nitrogens is 4. The van der Waals surface area contributed by atoms with E-state index in [9.17, 15) is 0 Å². The summed E-state index contributed by atoms with van der Waals surface area (Å²) >= 11 is 0. The Hall–Kier alpha value is -1.75. The van der Waals surface area contributed by atoms with E-state index >= 15 is 0 Å². The molecule has 0 aliphatic carbocycles. The van der Waals surface area contributed by atoms with E-state index in [1.165, 1.54) is 0 Å². The Labute approximate surface area is 100 Å². The van der Waals surface area contributed by atoms with Crippen LogP contribution in [0.2, 0.25) is 0 Å². The predicted molar refractivity (Wildman–Crippen MR) is 64.2 cm³/mol. The third kappa shape index (κ3) is 1.93. The maximum Gasteiger partial charge on any atom is 0.164 e. The summed E-state index contributed by atoms with van der Waals surface area (Å²) in [5.41, 5.74) is 1.09. The molecule has 0 N–H and O–H groups in total. The van der Waals surface area contributed by atoms with Gasteiger partial charge in [0.1, 0.15) is 5.82 Å². The van der Waals surface area contributed by atoms with Gasteiger partial charge >= 0.3 is 0 Å². The maximum absolute atomic E-state index is 4.30. The van der Waals surface area contributed by atoms with Gasteiger partial charge in [-0.2, -0.15) is 0 Å². The van der Waals surface area contributed by atoms with Crippen molar-refractivity contribution in [3.05, 3.63) is 30.4 Å². The lowest BCUT2D eigenvalue weighted by atomic mass is 10.2. The Morgan fingerprint density at radius 2 is 1.94 bits per heavy atom. The average molecular weight is 229 g/mol. The van der Waals surface area contributed by atoms with Crippen molar-refractivity contribution in [2.75, 3.05) is 13.6 Å². The van der Waals surface area contributed by atoms with Gasteiger partial charge in [-0.3, -0.25) is 9.88 Å². The molecule has 1 aliphatic heterocycles. The number of hydrogen-bond acceptors (Lipinski definition) is 4. The molecule has 1 aliphatic rings. The summed E-state index contributed by atoms with van der Waals surface area (Å²) in [6.07, 6.45) is 4.72. The van der Waals surface area contributed by atoms with Crippen molar-refractivity contribution in [1.82, 2.24) is 24.6 Å². The molecule has 0 radical (unpaired) electrons. The molecule has 0 fully saturated rings. The van der Waals surface area contributed by atoms with E-state index in [1.807, 2.05) is 12.1 Å². The zero-order valence-electron chi connectivity index (χ0n) is 9.87. The second kappa shape index (κ2) is 4.25. The normalized spacial score (nSPS) is 16.5. The minimum Gasteiger partial charge on any atom is -0.310 e. The van der Waals surface area contributed by atoms with Gasteiger partial charge in [0.05, 0.1) is 6.54 Å². The first-order valence-electron chi connectivity index (χ1n) is 5.85. The molecule has 0 bridgehead atoms. The van der Waals surface area contributed by atoms with Gasteiger partial charge in [-0.1, -0.05) is 0 Å². The van der Waals surface area contributed by atoms with E-state index in [1.54, 1.807) is 12.4 Å². The van der Waals surface area contributed by atoms with E-state index in [4.69, 9.17) is 0 Å². The molecule has 0 amide bonds. The van der Waals surface area contributed by atoms with Crippen LogP contribution in [0.3, 0.4) is 0 Å². The van der Waals surface area contributed by atoms with Crippen molar-refractivity contribution in [2.24, 2.45) is 0 Å². The molecule has 5 heteroatoms. The van der Waals surface area contributed by atoms with Crippen LogP contribution < -0.4 is 0 Å². The van der Waals surface area contributed by atoms with Gasteiger partial charge in [0.15, 0.2) is 5.82 Å². The fourth-order valence-electron chi connectivity index (χ4n) is 2.22. The first-order valence-corrected chi connectivity index (χ1v) is 5.85. The number of fused-ring (bicyclic) bond motifs is 1. The standard InChI is InChI=1S/C12H15N5/c1-16-7-2-8-17-11(9-16)14-15-12(17)10-3-5-13-6-4-10/h3-6H,2,7-9H2,1H3. The van der Waals surface area contributed by atoms with Crippen LogP contribution >= 0.6 is 0 Å². The van der Waals surface area contributed by atoms with Crippen molar-refractivity contribution in [3.63, 3.8) is 0 Å². The largest absolute Gasteiger partial charge is 0.310 e. The van der Waals surface area contributed by atoms with Gasteiger partial charge in [-0.25, -0.2) is 0 Å². The lowest BCUT2D eigenvalue weighted by Gasteiger charge is -2.09. The molecule has 3 heterocycles. The SMILES string of the molecule is CN1CCCn2c(nnc2-c2ccncc2)C1. The maximum atomic E-state index is 4.30. The average Bonchev–Trinajstić information content (AvgIpc) is 2.64. The van der Waals surface area contributed by atoms with Crippen LogP contribution in [0.4, 0.5) is 0 Å². The lowest BCUT2D eigenvalue weighted by molar-refractivity contribution is 0.328. The molecule has 3 rings (SSSR count). The van der Waals surface area contributed by atoms with Crippen molar-refractivity contribution in [3.8, 4) is 11.4 Å². The van der Waals surface area contributed by atoms with Crippen molar-refractivity contribution >= 4 is 0 Å². The molecule has 2 aromatic heterocycles. The third-order valence-corrected chi connectivity index (χ3v) is 3.10. The first kappa shape index (κ1) is 10.4. The van der Waals surface area contributed by atoms with Gasteiger partial charge in [0.2, 0.25) is 0 Å². The molecular formula is C12H15N5. The molecule has 0 atom stereocenters. The summed E-state index contributed by atoms with van der Waals surface area (Å²) in [5, 5.41) is 8.60. The summed E-state index contributed by atoms with van der Waals surface area (Å²) < 4.78 is 2.22. The summed E-state index contributed by atoms with van der Waals surface area (Å²) in [5.74, 6) is 2.01. The first-order chi connectivity index (χ1) is 8.34. The molecule has 0 saturated carbocycles. The van der Waals surface area contributed by atoms with Crippen LogP contribution in [0.25, 0.3) is 11.4 Å². The van der Waals surface area contributed by atoms with Crippen molar-refractivity contribution < 1.29 is 0 Å². The fraction of sp³-hybridized carbons (Fsp3) is 0.417. The number of nitrogens with zero attached hydrogens (tertiary/aromatic N) is 5. The summed E-state index contributed by atoms with van der Waals surface area (Å²) in [6.45, 7) is 2.97. The Morgan fingerprint density at radius 1 is 1.12 bits per heavy atom. The molecule has 0 spiro atoms. The lowest BCUT2D eigenvalue weighted by Crippen LogP contribution is -2.17. The second-order valence-corrected chi connectivity index (χ2v) is 4.42. The minimum absolute atomic E-state index is 0.873. The molecular weight excluding hydrogens is 214 g/mol. The zero-order valence-corrected chi connectivity index (χ0v) is 9.87. The van der Waals surface area contributed by atoms with Gasteiger partial charge in [-0.15, -0.1) is 10.2 Å². The smallest absolute Gasteiger partial charge is 0.164 e. The highest BCUT2D eigenvalue weighted by Crippen LogP contribution is 2.20. The minimum atomic E-state index is 0.873. The molecule has 0 saturated heterocycles. The van der Waals surface area contributed by atoms with E-state index in [-0.39, 0.29) is 0 Å². The van der Waals surface area contributed by atoms with Crippen molar-refractivity contribution in [1.29, 1.82) is 0 Å². The van der Waals surface area contributed by atoms with Crippen LogP contribution in [0.5, 0.6) is 0 Å². The Balaban J connectivity index is 2.03. The monoisotopic (exact) mass is 229 g/mol. The number of pyridine rings is 1. The molecule has 5 nitrogen and oxygen atoms in total. The van der Waals surface area contributed by atoms with Crippen LogP contribution in [0.15, 0.2) is 24.5 Å². The Morgan fingerprint density at radius 3 is 2.76 bits per heavy atom. The topological polar surface area (TPSA) is 46.8 Å². The number of rotatable bonds is 1. The Kier molecular flexibility index (Phi) is 2.60. The number of hydrogen-bond donors (Lipinski definition) is 0. The summed E-state index contributed by atoms with van der Waals surface area (Å²) in [4.78, 5) is 6.31. The van der Waals surface area contributed by atoms with E-state index < -0.39 is 0 Å². The van der Waals surface area contributed by atoms with E-state index in [2.05, 4.69) is 31.7 Å². The van der Waals surface area contributed by atoms with Gasteiger partial charge in [-0.05, 0) is 25.6 Å². The molecule has 0 aromatic carbocycles. The highest BCUT2D eigenvalue weighted by Gasteiger charge is 2.17. The quantitative estimate of drug-likeness (QED) is 0.736. The van der Waals surface area contributed by atoms with Gasteiger partial charge < -0.3 is 4.57 Å². The summed E-state index contributed by atoms with van der Waals surface area (Å²) in [7, 11) is 2.12. The molecule has 2 aromatic rings. The van der Waals surface area contributed by atoms with E-state index in [0.29, 0.717) is 0 Å². The molecule has 0 unspecified atom stereocenters. The highest BCUT2D eigenvalue weighted by atomic mass is 15.3. The van der Waals surface area contributed by atoms with Gasteiger partial charge in [0.25, 0.3) is 0 Å². The Bertz CT molecular complexity index is 505. The zero-order chi connectivity index (χ0) is 11.7. The van der Waals surface area contributed by atoms with E-state index in [0.717, 1.165) is 43.3 Å². The van der Waals surface area contributed by atoms with Crippen molar-refractivity contribution in [2.45, 2.75) is 19.5 Å². The molecule has 88 valence electrons. The summed E-state index contributed by atoms with van der Waals surface area (Å²) in [6, 6.07) is 3.96. The second-order valence-electron chi connectivity index (χ2n) is 4.42. The van der Waals surface area contributed by atoms with Crippen LogP contribution in [-0.4, -0.2) is 38.2 Å². The third-order valence-electron chi connectivity index (χ3n) is 3.10. The van der Waals surface area contributed by atoms with Crippen LogP contribution in [0, 0.1) is 0 Å². The molecule has 17 heavy (non-hydrogen) atoms. The highest BCUT2D eigenvalue weighted by molar-refractivity contribution is 5.54. The van der Waals surface area contributed by atoms with Gasteiger partial charge in [0, 0.05) is 31.0 Å². The van der Waals surface area contributed by atoms with Crippen LogP contribution in [0.1, 0.15) is 12.2 Å². The predicted octanol–water partition coefficient (Wildman–Crippen LogP) is 1.18.